The average molecular weight is 272 g/mol. The van der Waals surface area contributed by atoms with Crippen molar-refractivity contribution in [3.63, 3.8) is 0 Å². The van der Waals surface area contributed by atoms with E-state index in [4.69, 9.17) is 16.3 Å². The van der Waals surface area contributed by atoms with Crippen LogP contribution in [-0.2, 0) is 11.3 Å². The Labute approximate surface area is 114 Å². The molecule has 2 rings (SSSR count). The van der Waals surface area contributed by atoms with Crippen molar-refractivity contribution in [2.45, 2.75) is 39.0 Å². The Morgan fingerprint density at radius 2 is 2.28 bits per heavy atom. The summed E-state index contributed by atoms with van der Waals surface area (Å²) in [6, 6.07) is 0. The van der Waals surface area contributed by atoms with Gasteiger partial charge in [-0.25, -0.2) is 4.98 Å². The van der Waals surface area contributed by atoms with Gasteiger partial charge in [0.25, 0.3) is 0 Å². The summed E-state index contributed by atoms with van der Waals surface area (Å²) in [6.45, 7) is 10.1. The summed E-state index contributed by atoms with van der Waals surface area (Å²) >= 11 is 5.93. The molecule has 0 aliphatic carbocycles. The van der Waals surface area contributed by atoms with Crippen molar-refractivity contribution in [1.29, 1.82) is 0 Å². The van der Waals surface area contributed by atoms with Crippen LogP contribution < -0.4 is 0 Å². The van der Waals surface area contributed by atoms with Crippen LogP contribution in [0.25, 0.3) is 0 Å². The molecule has 102 valence electrons. The number of morpholine rings is 1. The van der Waals surface area contributed by atoms with E-state index in [2.05, 4.69) is 28.3 Å². The van der Waals surface area contributed by atoms with Crippen LogP contribution in [-0.4, -0.2) is 51.7 Å². The maximum absolute atomic E-state index is 5.93. The molecular weight excluding hydrogens is 250 g/mol. The molecule has 1 aliphatic rings. The fourth-order valence-corrected chi connectivity index (χ4v) is 2.72. The fourth-order valence-electron chi connectivity index (χ4n) is 2.56. The molecule has 1 saturated heterocycles. The molecular formula is C13H22ClN3O. The predicted octanol–water partition coefficient (Wildman–Crippen LogP) is 1.91. The molecule has 0 radical (unpaired) electrons. The van der Waals surface area contributed by atoms with E-state index in [9.17, 15) is 0 Å². The van der Waals surface area contributed by atoms with E-state index in [1.165, 1.54) is 0 Å². The van der Waals surface area contributed by atoms with Crippen LogP contribution in [0.15, 0.2) is 12.4 Å². The second-order valence-corrected chi connectivity index (χ2v) is 5.87. The van der Waals surface area contributed by atoms with Gasteiger partial charge < -0.3 is 9.30 Å². The predicted molar refractivity (Wildman–Crippen MR) is 73.1 cm³/mol. The van der Waals surface area contributed by atoms with Gasteiger partial charge >= 0.3 is 0 Å². The minimum atomic E-state index is -0.109. The van der Waals surface area contributed by atoms with Gasteiger partial charge in [0.1, 0.15) is 5.82 Å². The smallest absolute Gasteiger partial charge is 0.105 e. The van der Waals surface area contributed by atoms with Gasteiger partial charge in [0.05, 0.1) is 11.7 Å². The van der Waals surface area contributed by atoms with Gasteiger partial charge in [-0.3, -0.25) is 4.90 Å². The highest BCUT2D eigenvalue weighted by atomic mass is 35.5. The monoisotopic (exact) mass is 271 g/mol. The van der Waals surface area contributed by atoms with E-state index in [1.807, 2.05) is 19.3 Å². The number of nitrogens with zero attached hydrogens (tertiary/aromatic N) is 3. The maximum atomic E-state index is 5.93. The standard InChI is InChI=1S/C13H22ClN3O/c1-11-15-4-5-17(11)7-6-16-9-12(8-14)18-13(2,3)10-16/h4-5,12H,6-10H2,1-3H3. The zero-order valence-electron chi connectivity index (χ0n) is 11.4. The summed E-state index contributed by atoms with van der Waals surface area (Å²) in [6.07, 6.45) is 4.01. The lowest BCUT2D eigenvalue weighted by Gasteiger charge is -2.42. The van der Waals surface area contributed by atoms with Crippen LogP contribution in [0.5, 0.6) is 0 Å². The molecule has 2 heterocycles. The van der Waals surface area contributed by atoms with Crippen LogP contribution in [0.2, 0.25) is 0 Å². The van der Waals surface area contributed by atoms with Gasteiger partial charge in [-0.15, -0.1) is 11.6 Å². The molecule has 1 aromatic rings. The second kappa shape index (κ2) is 5.59. The lowest BCUT2D eigenvalue weighted by atomic mass is 10.1. The number of aryl methyl sites for hydroxylation is 1. The molecule has 0 N–H and O–H groups in total. The van der Waals surface area contributed by atoms with E-state index in [0.717, 1.165) is 32.0 Å². The Balaban J connectivity index is 1.90. The van der Waals surface area contributed by atoms with Crippen molar-refractivity contribution in [1.82, 2.24) is 14.5 Å². The molecule has 4 nitrogen and oxygen atoms in total. The first-order chi connectivity index (χ1) is 8.50. The minimum absolute atomic E-state index is 0.109. The highest BCUT2D eigenvalue weighted by Crippen LogP contribution is 2.21. The Bertz CT molecular complexity index is 391. The summed E-state index contributed by atoms with van der Waals surface area (Å²) in [5, 5.41) is 0. The minimum Gasteiger partial charge on any atom is -0.368 e. The highest BCUT2D eigenvalue weighted by Gasteiger charge is 2.32. The van der Waals surface area contributed by atoms with Crippen LogP contribution in [0, 0.1) is 6.92 Å². The van der Waals surface area contributed by atoms with Gasteiger partial charge in [-0.2, -0.15) is 0 Å². The Morgan fingerprint density at radius 3 is 2.89 bits per heavy atom. The number of hydrogen-bond acceptors (Lipinski definition) is 3. The average Bonchev–Trinajstić information content (AvgIpc) is 2.70. The van der Waals surface area contributed by atoms with Gasteiger partial charge in [0.2, 0.25) is 0 Å². The SMILES string of the molecule is Cc1nccn1CCN1CC(CCl)OC(C)(C)C1. The Morgan fingerprint density at radius 1 is 1.50 bits per heavy atom. The van der Waals surface area contributed by atoms with E-state index >= 15 is 0 Å². The molecule has 1 unspecified atom stereocenters. The van der Waals surface area contributed by atoms with Gasteiger partial charge in [0, 0.05) is 44.5 Å². The zero-order chi connectivity index (χ0) is 13.2. The van der Waals surface area contributed by atoms with E-state index in [0.29, 0.717) is 5.88 Å². The third-order valence-corrected chi connectivity index (χ3v) is 3.65. The second-order valence-electron chi connectivity index (χ2n) is 5.56. The van der Waals surface area contributed by atoms with E-state index < -0.39 is 0 Å². The first-order valence-electron chi connectivity index (χ1n) is 6.44. The van der Waals surface area contributed by atoms with Crippen molar-refractivity contribution in [3.8, 4) is 0 Å². The van der Waals surface area contributed by atoms with Crippen LogP contribution >= 0.6 is 11.6 Å². The van der Waals surface area contributed by atoms with E-state index in [1.54, 1.807) is 0 Å². The molecule has 1 aliphatic heterocycles. The zero-order valence-corrected chi connectivity index (χ0v) is 12.2. The highest BCUT2D eigenvalue weighted by molar-refractivity contribution is 6.18. The normalized spacial score (nSPS) is 24.3. The molecule has 0 spiro atoms. The number of imidazole rings is 1. The van der Waals surface area contributed by atoms with Crippen molar-refractivity contribution < 1.29 is 4.74 Å². The van der Waals surface area contributed by atoms with Crippen LogP contribution in [0.4, 0.5) is 0 Å². The quantitative estimate of drug-likeness (QED) is 0.784. The number of rotatable bonds is 4. The summed E-state index contributed by atoms with van der Waals surface area (Å²) in [5.74, 6) is 1.63. The van der Waals surface area contributed by atoms with Crippen molar-refractivity contribution >= 4 is 11.6 Å². The Hall–Kier alpha value is -0.580. The lowest BCUT2D eigenvalue weighted by molar-refractivity contribution is -0.127. The molecule has 0 bridgehead atoms. The van der Waals surface area contributed by atoms with Gasteiger partial charge in [-0.05, 0) is 20.8 Å². The largest absolute Gasteiger partial charge is 0.368 e. The van der Waals surface area contributed by atoms with Crippen molar-refractivity contribution in [2.24, 2.45) is 0 Å². The first kappa shape index (κ1) is 13.8. The number of halogens is 1. The third-order valence-electron chi connectivity index (χ3n) is 3.30. The fraction of sp³-hybridized carbons (Fsp3) is 0.769. The topological polar surface area (TPSA) is 30.3 Å². The van der Waals surface area contributed by atoms with Crippen LogP contribution in [0.3, 0.4) is 0 Å². The summed E-state index contributed by atoms with van der Waals surface area (Å²) in [4.78, 5) is 6.67. The molecule has 0 aromatic carbocycles. The number of ether oxygens (including phenoxy) is 1. The molecule has 5 heteroatoms. The van der Waals surface area contributed by atoms with Gasteiger partial charge in [-0.1, -0.05) is 0 Å². The number of aromatic nitrogens is 2. The summed E-state index contributed by atoms with van der Waals surface area (Å²) in [7, 11) is 0. The van der Waals surface area contributed by atoms with Crippen molar-refractivity contribution in [3.05, 3.63) is 18.2 Å². The molecule has 1 aromatic heterocycles. The van der Waals surface area contributed by atoms with E-state index in [-0.39, 0.29) is 11.7 Å². The summed E-state index contributed by atoms with van der Waals surface area (Å²) in [5.41, 5.74) is -0.109. The van der Waals surface area contributed by atoms with Crippen molar-refractivity contribution in [2.75, 3.05) is 25.5 Å². The third kappa shape index (κ3) is 3.46. The molecule has 0 amide bonds. The summed E-state index contributed by atoms with van der Waals surface area (Å²) < 4.78 is 8.10. The molecule has 0 saturated carbocycles. The maximum Gasteiger partial charge on any atom is 0.105 e. The number of hydrogen-bond donors (Lipinski definition) is 0. The molecule has 1 fully saturated rings. The van der Waals surface area contributed by atoms with Gasteiger partial charge in [0.15, 0.2) is 0 Å². The lowest BCUT2D eigenvalue weighted by Crippen LogP contribution is -2.53. The molecule has 1 atom stereocenters. The van der Waals surface area contributed by atoms with Crippen LogP contribution in [0.1, 0.15) is 19.7 Å². The molecule has 18 heavy (non-hydrogen) atoms. The first-order valence-corrected chi connectivity index (χ1v) is 6.97. The Kier molecular flexibility index (Phi) is 4.30. The number of alkyl halides is 1.